The molecule has 1 aliphatic carbocycles. The highest BCUT2D eigenvalue weighted by Crippen LogP contribution is 2.32. The lowest BCUT2D eigenvalue weighted by atomic mass is 10.1. The summed E-state index contributed by atoms with van der Waals surface area (Å²) in [4.78, 5) is 2.52. The summed E-state index contributed by atoms with van der Waals surface area (Å²) in [5.74, 6) is 0. The molecule has 0 radical (unpaired) electrons. The molecule has 2 rings (SSSR count). The van der Waals surface area contributed by atoms with Crippen molar-refractivity contribution in [2.24, 2.45) is 0 Å². The van der Waals surface area contributed by atoms with E-state index in [1.165, 1.54) is 31.4 Å². The minimum absolute atomic E-state index is 0.367. The summed E-state index contributed by atoms with van der Waals surface area (Å²) in [6.07, 6.45) is 4.81. The van der Waals surface area contributed by atoms with Gasteiger partial charge in [0.1, 0.15) is 0 Å². The van der Waals surface area contributed by atoms with Crippen molar-refractivity contribution >= 4 is 5.69 Å². The first kappa shape index (κ1) is 12.4. The van der Waals surface area contributed by atoms with Gasteiger partial charge in [0.25, 0.3) is 0 Å². The molecule has 1 aromatic rings. The van der Waals surface area contributed by atoms with Crippen molar-refractivity contribution in [3.8, 4) is 0 Å². The molecule has 0 saturated heterocycles. The quantitative estimate of drug-likeness (QED) is 0.812. The van der Waals surface area contributed by atoms with Crippen LogP contribution in [0.4, 0.5) is 5.69 Å². The van der Waals surface area contributed by atoms with Crippen molar-refractivity contribution in [3.63, 3.8) is 0 Å². The SMILES string of the molecule is CCCCN(c1ccc([C@H](C)O)cc1)C1CC1. The number of nitrogens with zero attached hydrogens (tertiary/aromatic N) is 1. The number of aliphatic hydroxyl groups is 1. The van der Waals surface area contributed by atoms with Crippen LogP contribution in [0.1, 0.15) is 51.2 Å². The van der Waals surface area contributed by atoms with E-state index in [2.05, 4.69) is 24.0 Å². The van der Waals surface area contributed by atoms with Crippen LogP contribution in [0.5, 0.6) is 0 Å². The van der Waals surface area contributed by atoms with Crippen LogP contribution in [0.25, 0.3) is 0 Å². The van der Waals surface area contributed by atoms with E-state index in [4.69, 9.17) is 0 Å². The van der Waals surface area contributed by atoms with Crippen LogP contribution in [0, 0.1) is 0 Å². The summed E-state index contributed by atoms with van der Waals surface area (Å²) in [6.45, 7) is 5.21. The maximum atomic E-state index is 9.50. The first-order valence-corrected chi connectivity index (χ1v) is 6.77. The third-order valence-electron chi connectivity index (χ3n) is 3.45. The Balaban J connectivity index is 2.07. The third kappa shape index (κ3) is 3.22. The molecule has 0 spiro atoms. The van der Waals surface area contributed by atoms with Gasteiger partial charge in [-0.1, -0.05) is 25.5 Å². The number of anilines is 1. The van der Waals surface area contributed by atoms with E-state index in [-0.39, 0.29) is 6.10 Å². The van der Waals surface area contributed by atoms with E-state index in [1.54, 1.807) is 0 Å². The maximum absolute atomic E-state index is 9.50. The molecule has 0 aliphatic heterocycles. The number of hydrogen-bond acceptors (Lipinski definition) is 2. The molecule has 94 valence electrons. The molecule has 0 unspecified atom stereocenters. The van der Waals surface area contributed by atoms with Gasteiger partial charge in [0.2, 0.25) is 0 Å². The van der Waals surface area contributed by atoms with Crippen LogP contribution in [0.15, 0.2) is 24.3 Å². The smallest absolute Gasteiger partial charge is 0.0761 e. The minimum Gasteiger partial charge on any atom is -0.389 e. The van der Waals surface area contributed by atoms with Gasteiger partial charge in [-0.3, -0.25) is 0 Å². The van der Waals surface area contributed by atoms with Gasteiger partial charge in [0.05, 0.1) is 6.10 Å². The molecular weight excluding hydrogens is 210 g/mol. The summed E-state index contributed by atoms with van der Waals surface area (Å²) < 4.78 is 0. The molecule has 0 amide bonds. The zero-order valence-electron chi connectivity index (χ0n) is 10.9. The van der Waals surface area contributed by atoms with Crippen LogP contribution in [-0.2, 0) is 0 Å². The molecule has 2 nitrogen and oxygen atoms in total. The Bertz CT molecular complexity index is 340. The Kier molecular flexibility index (Phi) is 4.06. The highest BCUT2D eigenvalue weighted by Gasteiger charge is 2.28. The third-order valence-corrected chi connectivity index (χ3v) is 3.45. The molecule has 1 atom stereocenters. The number of hydrogen-bond donors (Lipinski definition) is 1. The zero-order chi connectivity index (χ0) is 12.3. The summed E-state index contributed by atoms with van der Waals surface area (Å²) in [6, 6.07) is 9.15. The van der Waals surface area contributed by atoms with Crippen LogP contribution < -0.4 is 4.90 Å². The lowest BCUT2D eigenvalue weighted by Gasteiger charge is -2.25. The van der Waals surface area contributed by atoms with Gasteiger partial charge in [-0.25, -0.2) is 0 Å². The average Bonchev–Trinajstić information content (AvgIpc) is 3.14. The summed E-state index contributed by atoms with van der Waals surface area (Å²) in [5.41, 5.74) is 2.31. The fourth-order valence-electron chi connectivity index (χ4n) is 2.18. The van der Waals surface area contributed by atoms with Gasteiger partial charge < -0.3 is 10.0 Å². The standard InChI is InChI=1S/C15H23NO/c1-3-4-11-16(15-9-10-15)14-7-5-13(6-8-14)12(2)17/h5-8,12,15,17H,3-4,9-11H2,1-2H3/t12-/m0/s1. The molecular formula is C15H23NO. The molecule has 1 saturated carbocycles. The highest BCUT2D eigenvalue weighted by molar-refractivity contribution is 5.50. The fourth-order valence-corrected chi connectivity index (χ4v) is 2.18. The lowest BCUT2D eigenvalue weighted by Crippen LogP contribution is -2.26. The monoisotopic (exact) mass is 233 g/mol. The molecule has 0 aromatic heterocycles. The van der Waals surface area contributed by atoms with Crippen molar-refractivity contribution in [2.75, 3.05) is 11.4 Å². The molecule has 1 aliphatic rings. The van der Waals surface area contributed by atoms with Crippen molar-refractivity contribution < 1.29 is 5.11 Å². The van der Waals surface area contributed by atoms with E-state index in [1.807, 2.05) is 19.1 Å². The topological polar surface area (TPSA) is 23.5 Å². The molecule has 2 heteroatoms. The maximum Gasteiger partial charge on any atom is 0.0761 e. The predicted octanol–water partition coefficient (Wildman–Crippen LogP) is 3.51. The number of benzene rings is 1. The minimum atomic E-state index is -0.367. The van der Waals surface area contributed by atoms with Crippen molar-refractivity contribution in [2.45, 2.75) is 51.7 Å². The first-order chi connectivity index (χ1) is 8.22. The second-order valence-corrected chi connectivity index (χ2v) is 5.05. The molecule has 0 bridgehead atoms. The second-order valence-electron chi connectivity index (χ2n) is 5.05. The largest absolute Gasteiger partial charge is 0.389 e. The van der Waals surface area contributed by atoms with Crippen LogP contribution in [-0.4, -0.2) is 17.7 Å². The Hall–Kier alpha value is -1.02. The van der Waals surface area contributed by atoms with E-state index >= 15 is 0 Å². The van der Waals surface area contributed by atoms with Crippen molar-refractivity contribution in [1.29, 1.82) is 0 Å². The van der Waals surface area contributed by atoms with Crippen LogP contribution in [0.2, 0.25) is 0 Å². The van der Waals surface area contributed by atoms with Gasteiger partial charge >= 0.3 is 0 Å². The van der Waals surface area contributed by atoms with Gasteiger partial charge in [0.15, 0.2) is 0 Å². The highest BCUT2D eigenvalue weighted by atomic mass is 16.3. The average molecular weight is 233 g/mol. The summed E-state index contributed by atoms with van der Waals surface area (Å²) >= 11 is 0. The number of rotatable bonds is 6. The van der Waals surface area contributed by atoms with E-state index in [9.17, 15) is 5.11 Å². The van der Waals surface area contributed by atoms with Crippen molar-refractivity contribution in [1.82, 2.24) is 0 Å². The van der Waals surface area contributed by atoms with E-state index < -0.39 is 0 Å². The van der Waals surface area contributed by atoms with Gasteiger partial charge in [-0.2, -0.15) is 0 Å². The van der Waals surface area contributed by atoms with E-state index in [0.717, 1.165) is 18.2 Å². The predicted molar refractivity (Wildman–Crippen MR) is 72.4 cm³/mol. The van der Waals surface area contributed by atoms with Crippen LogP contribution >= 0.6 is 0 Å². The Morgan fingerprint density at radius 2 is 1.94 bits per heavy atom. The molecule has 17 heavy (non-hydrogen) atoms. The molecule has 1 N–H and O–H groups in total. The van der Waals surface area contributed by atoms with Gasteiger partial charge in [0, 0.05) is 18.3 Å². The summed E-state index contributed by atoms with van der Waals surface area (Å²) in [5, 5.41) is 9.50. The summed E-state index contributed by atoms with van der Waals surface area (Å²) in [7, 11) is 0. The van der Waals surface area contributed by atoms with Gasteiger partial charge in [-0.15, -0.1) is 0 Å². The first-order valence-electron chi connectivity index (χ1n) is 6.77. The Morgan fingerprint density at radius 1 is 1.29 bits per heavy atom. The van der Waals surface area contributed by atoms with E-state index in [0.29, 0.717) is 0 Å². The van der Waals surface area contributed by atoms with Gasteiger partial charge in [-0.05, 0) is 43.9 Å². The Labute approximate surface area is 104 Å². The molecule has 1 aromatic carbocycles. The molecule has 0 heterocycles. The van der Waals surface area contributed by atoms with Crippen LogP contribution in [0.3, 0.4) is 0 Å². The zero-order valence-corrected chi connectivity index (χ0v) is 10.9. The van der Waals surface area contributed by atoms with Crippen molar-refractivity contribution in [3.05, 3.63) is 29.8 Å². The number of unbranched alkanes of at least 4 members (excludes halogenated alkanes) is 1. The second kappa shape index (κ2) is 5.54. The fraction of sp³-hybridized carbons (Fsp3) is 0.600. The number of aliphatic hydroxyl groups excluding tert-OH is 1. The molecule has 1 fully saturated rings. The Morgan fingerprint density at radius 3 is 2.41 bits per heavy atom. The lowest BCUT2D eigenvalue weighted by molar-refractivity contribution is 0.199. The normalized spacial score (nSPS) is 16.9.